The Morgan fingerprint density at radius 3 is 2.67 bits per heavy atom. The van der Waals surface area contributed by atoms with E-state index in [-0.39, 0.29) is 12.3 Å². The van der Waals surface area contributed by atoms with E-state index >= 15 is 0 Å². The average molecular weight is 440 g/mol. The Labute approximate surface area is 171 Å². The molecule has 3 aromatic carbocycles. The number of fused-ring (bicyclic) bond motifs is 3. The minimum absolute atomic E-state index is 0.103. The summed E-state index contributed by atoms with van der Waals surface area (Å²) in [5.74, 6) is 0.870. The van der Waals surface area contributed by atoms with E-state index in [1.807, 2.05) is 48.5 Å². The summed E-state index contributed by atoms with van der Waals surface area (Å²) in [6, 6.07) is 24.4. The topological polar surface area (TPSA) is 24.8 Å². The predicted octanol–water partition coefficient (Wildman–Crippen LogP) is 6.34. The number of hydrogen-bond acceptors (Lipinski definition) is 3. The SMILES string of the molecule is Clc1ccc2c(c1)[C@H]1CC(c3ccccc3)=NN1[C@H](c1cccc(Br)c1)O2. The van der Waals surface area contributed by atoms with E-state index in [0.29, 0.717) is 5.02 Å². The first kappa shape index (κ1) is 16.8. The van der Waals surface area contributed by atoms with Crippen molar-refractivity contribution in [2.45, 2.75) is 18.7 Å². The molecule has 3 nitrogen and oxygen atoms in total. The second-order valence-electron chi connectivity index (χ2n) is 6.72. The molecule has 0 bridgehead atoms. The van der Waals surface area contributed by atoms with Crippen LogP contribution < -0.4 is 4.74 Å². The van der Waals surface area contributed by atoms with E-state index in [9.17, 15) is 0 Å². The van der Waals surface area contributed by atoms with Gasteiger partial charge in [-0.1, -0.05) is 70.0 Å². The standard InChI is InChI=1S/C22H16BrClN2O/c23-16-8-4-7-15(11-16)22-26-20(18-12-17(24)9-10-21(18)27-22)13-19(25-26)14-5-2-1-3-6-14/h1-12,20,22H,13H2/t20-,22+/m1/s1. The molecule has 2 aliphatic rings. The lowest BCUT2D eigenvalue weighted by Gasteiger charge is -2.38. The van der Waals surface area contributed by atoms with Gasteiger partial charge in [-0.2, -0.15) is 5.10 Å². The Morgan fingerprint density at radius 1 is 1.00 bits per heavy atom. The summed E-state index contributed by atoms with van der Waals surface area (Å²) in [5.41, 5.74) is 4.36. The molecular weight excluding hydrogens is 424 g/mol. The maximum Gasteiger partial charge on any atom is 0.213 e. The molecule has 0 amide bonds. The number of hydrazone groups is 1. The number of hydrogen-bond donors (Lipinski definition) is 0. The van der Waals surface area contributed by atoms with Crippen molar-refractivity contribution in [2.24, 2.45) is 5.10 Å². The highest BCUT2D eigenvalue weighted by Gasteiger charge is 2.41. The van der Waals surface area contributed by atoms with Gasteiger partial charge >= 0.3 is 0 Å². The van der Waals surface area contributed by atoms with Crippen molar-refractivity contribution in [3.8, 4) is 5.75 Å². The van der Waals surface area contributed by atoms with E-state index < -0.39 is 0 Å². The third-order valence-electron chi connectivity index (χ3n) is 4.99. The van der Waals surface area contributed by atoms with Crippen LogP contribution in [-0.2, 0) is 0 Å². The van der Waals surface area contributed by atoms with Crippen LogP contribution in [0.15, 0.2) is 82.4 Å². The van der Waals surface area contributed by atoms with Crippen molar-refractivity contribution in [3.63, 3.8) is 0 Å². The van der Waals surface area contributed by atoms with Crippen molar-refractivity contribution in [2.75, 3.05) is 0 Å². The van der Waals surface area contributed by atoms with Gasteiger partial charge in [-0.3, -0.25) is 0 Å². The minimum Gasteiger partial charge on any atom is -0.464 e. The van der Waals surface area contributed by atoms with Gasteiger partial charge in [-0.15, -0.1) is 0 Å². The van der Waals surface area contributed by atoms with Gasteiger partial charge in [0.15, 0.2) is 0 Å². The highest BCUT2D eigenvalue weighted by Crippen LogP contribution is 2.48. The Bertz CT molecular complexity index is 1040. The number of ether oxygens (including phenoxy) is 1. The highest BCUT2D eigenvalue weighted by molar-refractivity contribution is 9.10. The number of benzene rings is 3. The Hall–Kier alpha value is -2.30. The lowest BCUT2D eigenvalue weighted by atomic mass is 9.96. The largest absolute Gasteiger partial charge is 0.464 e. The van der Waals surface area contributed by atoms with Crippen LogP contribution in [0.4, 0.5) is 0 Å². The molecule has 0 aliphatic carbocycles. The maximum absolute atomic E-state index is 6.37. The van der Waals surface area contributed by atoms with E-state index in [0.717, 1.165) is 39.0 Å². The third-order valence-corrected chi connectivity index (χ3v) is 5.72. The molecule has 0 unspecified atom stereocenters. The van der Waals surface area contributed by atoms with Crippen LogP contribution in [0.5, 0.6) is 5.75 Å². The molecule has 5 rings (SSSR count). The lowest BCUT2D eigenvalue weighted by molar-refractivity contribution is -0.0190. The maximum atomic E-state index is 6.37. The molecule has 0 radical (unpaired) electrons. The summed E-state index contributed by atoms with van der Waals surface area (Å²) < 4.78 is 7.39. The van der Waals surface area contributed by atoms with Gasteiger partial charge < -0.3 is 4.74 Å². The zero-order chi connectivity index (χ0) is 18.4. The smallest absolute Gasteiger partial charge is 0.213 e. The molecular formula is C22H16BrClN2O. The van der Waals surface area contributed by atoms with Crippen molar-refractivity contribution in [1.82, 2.24) is 5.01 Å². The fraction of sp³-hybridized carbons (Fsp3) is 0.136. The molecule has 0 aromatic heterocycles. The summed E-state index contributed by atoms with van der Waals surface area (Å²) in [6.45, 7) is 0. The van der Waals surface area contributed by atoms with Gasteiger partial charge in [0.05, 0.1) is 11.8 Å². The van der Waals surface area contributed by atoms with Gasteiger partial charge in [0.1, 0.15) is 5.75 Å². The zero-order valence-electron chi connectivity index (χ0n) is 14.3. The van der Waals surface area contributed by atoms with Crippen molar-refractivity contribution in [1.29, 1.82) is 0 Å². The quantitative estimate of drug-likeness (QED) is 0.465. The molecule has 0 N–H and O–H groups in total. The highest BCUT2D eigenvalue weighted by atomic mass is 79.9. The fourth-order valence-corrected chi connectivity index (χ4v) is 4.34. The van der Waals surface area contributed by atoms with Gasteiger partial charge in [0, 0.05) is 27.0 Å². The molecule has 2 aliphatic heterocycles. The van der Waals surface area contributed by atoms with E-state index in [4.69, 9.17) is 21.4 Å². The van der Waals surface area contributed by atoms with Crippen LogP contribution in [0.1, 0.15) is 35.4 Å². The Morgan fingerprint density at radius 2 is 1.85 bits per heavy atom. The molecule has 134 valence electrons. The molecule has 3 aromatic rings. The van der Waals surface area contributed by atoms with E-state index in [1.165, 1.54) is 0 Å². The predicted molar refractivity (Wildman–Crippen MR) is 111 cm³/mol. The van der Waals surface area contributed by atoms with Crippen molar-refractivity contribution in [3.05, 3.63) is 99.0 Å². The van der Waals surface area contributed by atoms with Crippen molar-refractivity contribution >= 4 is 33.2 Å². The Balaban J connectivity index is 1.62. The van der Waals surface area contributed by atoms with Crippen LogP contribution in [0, 0.1) is 0 Å². The van der Waals surface area contributed by atoms with Gasteiger partial charge in [-0.05, 0) is 35.9 Å². The number of nitrogens with zero attached hydrogens (tertiary/aromatic N) is 2. The first-order valence-corrected chi connectivity index (χ1v) is 9.99. The third kappa shape index (κ3) is 3.03. The van der Waals surface area contributed by atoms with Crippen LogP contribution in [-0.4, -0.2) is 10.7 Å². The van der Waals surface area contributed by atoms with Gasteiger partial charge in [0.2, 0.25) is 6.23 Å². The average Bonchev–Trinajstić information content (AvgIpc) is 3.14. The molecule has 0 saturated heterocycles. The van der Waals surface area contributed by atoms with Crippen LogP contribution in [0.3, 0.4) is 0 Å². The summed E-state index contributed by atoms with van der Waals surface area (Å²) in [5, 5.41) is 7.75. The number of rotatable bonds is 2. The van der Waals surface area contributed by atoms with Crippen molar-refractivity contribution < 1.29 is 4.74 Å². The van der Waals surface area contributed by atoms with E-state index in [1.54, 1.807) is 0 Å². The van der Waals surface area contributed by atoms with Crippen LogP contribution >= 0.6 is 27.5 Å². The summed E-state index contributed by atoms with van der Waals surface area (Å²) in [4.78, 5) is 0. The molecule has 27 heavy (non-hydrogen) atoms. The van der Waals surface area contributed by atoms with E-state index in [2.05, 4.69) is 45.2 Å². The minimum atomic E-state index is -0.276. The molecule has 2 atom stereocenters. The lowest BCUT2D eigenvalue weighted by Crippen LogP contribution is -2.33. The van der Waals surface area contributed by atoms with Gasteiger partial charge in [0.25, 0.3) is 0 Å². The second-order valence-corrected chi connectivity index (χ2v) is 8.07. The Kier molecular flexibility index (Phi) is 4.18. The zero-order valence-corrected chi connectivity index (χ0v) is 16.7. The second kappa shape index (κ2) is 6.70. The van der Waals surface area contributed by atoms with Crippen LogP contribution in [0.2, 0.25) is 5.02 Å². The summed E-state index contributed by atoms with van der Waals surface area (Å²) >= 11 is 9.84. The molecule has 5 heteroatoms. The normalized spacial score (nSPS) is 20.5. The van der Waals surface area contributed by atoms with Gasteiger partial charge in [-0.25, -0.2) is 5.01 Å². The monoisotopic (exact) mass is 438 g/mol. The molecule has 2 heterocycles. The first-order chi connectivity index (χ1) is 13.2. The fourth-order valence-electron chi connectivity index (χ4n) is 3.74. The molecule has 0 spiro atoms. The molecule has 0 fully saturated rings. The summed E-state index contributed by atoms with van der Waals surface area (Å²) in [6.07, 6.45) is 0.549. The van der Waals surface area contributed by atoms with Crippen LogP contribution in [0.25, 0.3) is 0 Å². The molecule has 0 saturated carbocycles. The summed E-state index contributed by atoms with van der Waals surface area (Å²) in [7, 11) is 0. The number of halogens is 2. The first-order valence-electron chi connectivity index (χ1n) is 8.82.